The molecule has 3 rings (SSSR count). The molecule has 10 heteroatoms. The zero-order valence-electron chi connectivity index (χ0n) is 17.4. The minimum atomic E-state index is -3.73. The van der Waals surface area contributed by atoms with Gasteiger partial charge in [-0.15, -0.1) is 0 Å². The molecule has 0 saturated carbocycles. The smallest absolute Gasteiger partial charge is 0.313 e. The summed E-state index contributed by atoms with van der Waals surface area (Å²) in [6, 6.07) is 13.5. The third-order valence-electron chi connectivity index (χ3n) is 5.15. The van der Waals surface area contributed by atoms with E-state index in [-0.39, 0.29) is 11.4 Å². The van der Waals surface area contributed by atoms with Gasteiger partial charge in [0, 0.05) is 44.1 Å². The summed E-state index contributed by atoms with van der Waals surface area (Å²) >= 11 is 0. The molecule has 0 aromatic heterocycles. The standard InChI is InChI=1S/C21H27N5O4S/c1-25-12-14-26(15-13-25)18-6-4-17(5-7-18)24-21(28)20(27)23-11-10-16-2-8-19(9-3-16)31(22,29)30/h2-9H,10-15H2,1H3,(H,23,27)(H,24,28)(H2,22,29,30). The average molecular weight is 446 g/mol. The van der Waals surface area contributed by atoms with Crippen molar-refractivity contribution in [3.63, 3.8) is 0 Å². The Bertz CT molecular complexity index is 1010. The normalized spacial score (nSPS) is 14.8. The van der Waals surface area contributed by atoms with Gasteiger partial charge in [0.25, 0.3) is 0 Å². The molecule has 0 atom stereocenters. The van der Waals surface area contributed by atoms with Gasteiger partial charge < -0.3 is 20.4 Å². The maximum absolute atomic E-state index is 12.1. The minimum Gasteiger partial charge on any atom is -0.369 e. The molecule has 1 heterocycles. The molecule has 1 fully saturated rings. The van der Waals surface area contributed by atoms with Gasteiger partial charge in [0.15, 0.2) is 0 Å². The number of amides is 2. The predicted molar refractivity (Wildman–Crippen MR) is 119 cm³/mol. The van der Waals surface area contributed by atoms with Crippen LogP contribution in [0.4, 0.5) is 11.4 Å². The molecular weight excluding hydrogens is 418 g/mol. The SMILES string of the molecule is CN1CCN(c2ccc(NC(=O)C(=O)NCCc3ccc(S(N)(=O)=O)cc3)cc2)CC1. The Morgan fingerprint density at radius 3 is 2.13 bits per heavy atom. The van der Waals surface area contributed by atoms with Crippen molar-refractivity contribution in [2.75, 3.05) is 50.0 Å². The van der Waals surface area contributed by atoms with E-state index in [1.54, 1.807) is 24.3 Å². The first-order chi connectivity index (χ1) is 14.7. The zero-order chi connectivity index (χ0) is 22.4. The van der Waals surface area contributed by atoms with Gasteiger partial charge in [-0.2, -0.15) is 0 Å². The number of benzene rings is 2. The van der Waals surface area contributed by atoms with E-state index < -0.39 is 21.8 Å². The van der Waals surface area contributed by atoms with Crippen molar-refractivity contribution < 1.29 is 18.0 Å². The summed E-state index contributed by atoms with van der Waals surface area (Å²) in [4.78, 5) is 28.7. The molecule has 1 saturated heterocycles. The Morgan fingerprint density at radius 1 is 0.935 bits per heavy atom. The van der Waals surface area contributed by atoms with E-state index in [0.29, 0.717) is 12.1 Å². The van der Waals surface area contributed by atoms with Gasteiger partial charge in [-0.3, -0.25) is 9.59 Å². The van der Waals surface area contributed by atoms with E-state index in [1.165, 1.54) is 12.1 Å². The first-order valence-corrected chi connectivity index (χ1v) is 11.5. The van der Waals surface area contributed by atoms with Crippen LogP contribution < -0.4 is 20.7 Å². The minimum absolute atomic E-state index is 0.0262. The van der Waals surface area contributed by atoms with Gasteiger partial charge >= 0.3 is 11.8 Å². The summed E-state index contributed by atoms with van der Waals surface area (Å²) in [5.41, 5.74) is 2.45. The largest absolute Gasteiger partial charge is 0.369 e. The Balaban J connectivity index is 1.44. The Hall–Kier alpha value is -2.95. The summed E-state index contributed by atoms with van der Waals surface area (Å²) < 4.78 is 22.5. The Morgan fingerprint density at radius 2 is 1.55 bits per heavy atom. The number of nitrogens with two attached hydrogens (primary N) is 1. The summed E-state index contributed by atoms with van der Waals surface area (Å²) in [7, 11) is -1.63. The third kappa shape index (κ3) is 6.51. The molecule has 2 aromatic rings. The van der Waals surface area contributed by atoms with Crippen LogP contribution in [0.2, 0.25) is 0 Å². The number of primary sulfonamides is 1. The van der Waals surface area contributed by atoms with E-state index in [4.69, 9.17) is 5.14 Å². The van der Waals surface area contributed by atoms with Gasteiger partial charge in [0.05, 0.1) is 4.90 Å². The molecule has 2 aromatic carbocycles. The van der Waals surface area contributed by atoms with Gasteiger partial charge in [-0.25, -0.2) is 13.6 Å². The zero-order valence-corrected chi connectivity index (χ0v) is 18.2. The van der Waals surface area contributed by atoms with Crippen LogP contribution in [0, 0.1) is 0 Å². The molecule has 2 amide bonds. The first-order valence-electron chi connectivity index (χ1n) is 9.97. The number of carbonyl (C=O) groups is 2. The van der Waals surface area contributed by atoms with E-state index in [9.17, 15) is 18.0 Å². The average Bonchev–Trinajstić information content (AvgIpc) is 2.74. The van der Waals surface area contributed by atoms with Crippen molar-refractivity contribution in [1.82, 2.24) is 10.2 Å². The molecule has 9 nitrogen and oxygen atoms in total. The highest BCUT2D eigenvalue weighted by Crippen LogP contribution is 2.19. The monoisotopic (exact) mass is 445 g/mol. The predicted octanol–water partition coefficient (Wildman–Crippen LogP) is 0.383. The number of carbonyl (C=O) groups excluding carboxylic acids is 2. The van der Waals surface area contributed by atoms with E-state index in [2.05, 4.69) is 27.5 Å². The maximum atomic E-state index is 12.1. The molecule has 4 N–H and O–H groups in total. The second-order valence-electron chi connectivity index (χ2n) is 7.49. The third-order valence-corrected chi connectivity index (χ3v) is 6.08. The van der Waals surface area contributed by atoms with Crippen LogP contribution >= 0.6 is 0 Å². The molecule has 31 heavy (non-hydrogen) atoms. The van der Waals surface area contributed by atoms with Crippen LogP contribution in [-0.4, -0.2) is 64.9 Å². The van der Waals surface area contributed by atoms with E-state index >= 15 is 0 Å². The number of nitrogens with one attached hydrogen (secondary N) is 2. The van der Waals surface area contributed by atoms with Crippen molar-refractivity contribution >= 4 is 33.2 Å². The molecule has 0 spiro atoms. The van der Waals surface area contributed by atoms with Crippen LogP contribution in [0.15, 0.2) is 53.4 Å². The van der Waals surface area contributed by atoms with Crippen molar-refractivity contribution in [3.05, 3.63) is 54.1 Å². The number of piperazine rings is 1. The van der Waals surface area contributed by atoms with Crippen LogP contribution in [0.25, 0.3) is 0 Å². The molecule has 0 aliphatic carbocycles. The van der Waals surface area contributed by atoms with E-state index in [0.717, 1.165) is 37.4 Å². The quantitative estimate of drug-likeness (QED) is 0.552. The molecular formula is C21H27N5O4S. The highest BCUT2D eigenvalue weighted by molar-refractivity contribution is 7.89. The van der Waals surface area contributed by atoms with Crippen LogP contribution in [-0.2, 0) is 26.0 Å². The Kier molecular flexibility index (Phi) is 7.26. The van der Waals surface area contributed by atoms with Gasteiger partial charge in [-0.1, -0.05) is 12.1 Å². The van der Waals surface area contributed by atoms with E-state index in [1.807, 2.05) is 12.1 Å². The van der Waals surface area contributed by atoms with Gasteiger partial charge in [-0.05, 0) is 55.4 Å². The van der Waals surface area contributed by atoms with Crippen LogP contribution in [0.1, 0.15) is 5.56 Å². The number of sulfonamides is 1. The lowest BCUT2D eigenvalue weighted by molar-refractivity contribution is -0.136. The molecule has 166 valence electrons. The van der Waals surface area contributed by atoms with Gasteiger partial charge in [0.1, 0.15) is 0 Å². The lowest BCUT2D eigenvalue weighted by Crippen LogP contribution is -2.44. The molecule has 0 bridgehead atoms. The lowest BCUT2D eigenvalue weighted by atomic mass is 10.1. The lowest BCUT2D eigenvalue weighted by Gasteiger charge is -2.34. The molecule has 1 aliphatic heterocycles. The maximum Gasteiger partial charge on any atom is 0.313 e. The number of hydrogen-bond acceptors (Lipinski definition) is 6. The molecule has 0 unspecified atom stereocenters. The number of hydrogen-bond donors (Lipinski definition) is 3. The highest BCUT2D eigenvalue weighted by atomic mass is 32.2. The fourth-order valence-electron chi connectivity index (χ4n) is 3.25. The fourth-order valence-corrected chi connectivity index (χ4v) is 3.77. The van der Waals surface area contributed by atoms with Crippen molar-refractivity contribution in [1.29, 1.82) is 0 Å². The second kappa shape index (κ2) is 9.90. The number of anilines is 2. The summed E-state index contributed by atoms with van der Waals surface area (Å²) in [6.45, 7) is 4.16. The van der Waals surface area contributed by atoms with Crippen molar-refractivity contribution in [2.45, 2.75) is 11.3 Å². The van der Waals surface area contributed by atoms with Crippen LogP contribution in [0.5, 0.6) is 0 Å². The van der Waals surface area contributed by atoms with Crippen molar-refractivity contribution in [3.8, 4) is 0 Å². The summed E-state index contributed by atoms with van der Waals surface area (Å²) in [6.07, 6.45) is 0.448. The number of likely N-dealkylation sites (N-methyl/N-ethyl adjacent to an activating group) is 1. The first kappa shape index (κ1) is 22.7. The topological polar surface area (TPSA) is 125 Å². The fraction of sp³-hybridized carbons (Fsp3) is 0.333. The number of rotatable bonds is 6. The molecule has 0 radical (unpaired) electrons. The number of nitrogens with zero attached hydrogens (tertiary/aromatic N) is 2. The summed E-state index contributed by atoms with van der Waals surface area (Å²) in [5.74, 6) is -1.47. The Labute approximate surface area is 182 Å². The highest BCUT2D eigenvalue weighted by Gasteiger charge is 2.16. The summed E-state index contributed by atoms with van der Waals surface area (Å²) in [5, 5.41) is 10.2. The van der Waals surface area contributed by atoms with Crippen LogP contribution in [0.3, 0.4) is 0 Å². The second-order valence-corrected chi connectivity index (χ2v) is 9.05. The van der Waals surface area contributed by atoms with Gasteiger partial charge in [0.2, 0.25) is 10.0 Å². The molecule has 1 aliphatic rings. The van der Waals surface area contributed by atoms with Crippen molar-refractivity contribution in [2.24, 2.45) is 5.14 Å².